The molecule has 132 valence electrons. The zero-order valence-corrected chi connectivity index (χ0v) is 14.6. The lowest BCUT2D eigenvalue weighted by Gasteiger charge is -2.16. The molecule has 1 aromatic carbocycles. The molecule has 1 saturated heterocycles. The van der Waals surface area contributed by atoms with E-state index in [-0.39, 0.29) is 24.0 Å². The first kappa shape index (κ1) is 15.9. The van der Waals surface area contributed by atoms with Crippen molar-refractivity contribution in [3.05, 3.63) is 35.5 Å². The number of nitrogens with zero attached hydrogens (tertiary/aromatic N) is 3. The number of amides is 1. The first-order valence-electron chi connectivity index (χ1n) is 8.40. The van der Waals surface area contributed by atoms with Crippen molar-refractivity contribution in [2.24, 2.45) is 0 Å². The summed E-state index contributed by atoms with van der Waals surface area (Å²) in [4.78, 5) is 18.7. The maximum atomic E-state index is 12.4. The smallest absolute Gasteiger partial charge is 0.232 e. The standard InChI is InChI=1S/C18H21N3O4/c1-18(2,3)17-19-16(25-20-17)12-7-15(22)21(9-12)8-11-4-5-13-14(6-11)24-10-23-13/h4-6,12H,7-10H2,1-3H3/t12-/m0/s1. The molecule has 0 aliphatic carbocycles. The Labute approximate surface area is 145 Å². The molecule has 1 aromatic heterocycles. The van der Waals surface area contributed by atoms with Crippen LogP contribution >= 0.6 is 0 Å². The summed E-state index contributed by atoms with van der Waals surface area (Å²) >= 11 is 0. The molecule has 2 aromatic rings. The summed E-state index contributed by atoms with van der Waals surface area (Å²) in [5.74, 6) is 2.74. The Balaban J connectivity index is 1.46. The Bertz CT molecular complexity index is 809. The van der Waals surface area contributed by atoms with Gasteiger partial charge in [0.25, 0.3) is 0 Å². The summed E-state index contributed by atoms with van der Waals surface area (Å²) < 4.78 is 16.1. The van der Waals surface area contributed by atoms with Crippen LogP contribution in [0, 0.1) is 0 Å². The number of ether oxygens (including phenoxy) is 2. The molecule has 7 heteroatoms. The molecule has 7 nitrogen and oxygen atoms in total. The molecule has 4 rings (SSSR count). The molecule has 0 bridgehead atoms. The number of rotatable bonds is 3. The number of likely N-dealkylation sites (tertiary alicyclic amines) is 1. The Kier molecular flexibility index (Phi) is 3.67. The molecule has 2 aliphatic heterocycles. The van der Waals surface area contributed by atoms with Gasteiger partial charge in [0.2, 0.25) is 18.6 Å². The van der Waals surface area contributed by atoms with Crippen LogP contribution in [0.15, 0.2) is 22.7 Å². The van der Waals surface area contributed by atoms with E-state index in [1.807, 2.05) is 43.9 Å². The second-order valence-corrected chi connectivity index (χ2v) is 7.57. The fourth-order valence-electron chi connectivity index (χ4n) is 3.06. The second kappa shape index (κ2) is 5.75. The van der Waals surface area contributed by atoms with Crippen molar-refractivity contribution < 1.29 is 18.8 Å². The van der Waals surface area contributed by atoms with Crippen molar-refractivity contribution in [2.45, 2.75) is 45.1 Å². The van der Waals surface area contributed by atoms with Crippen LogP contribution in [0.4, 0.5) is 0 Å². The van der Waals surface area contributed by atoms with E-state index in [1.165, 1.54) is 0 Å². The lowest BCUT2D eigenvalue weighted by Crippen LogP contribution is -2.24. The predicted molar refractivity (Wildman–Crippen MR) is 88.3 cm³/mol. The number of aromatic nitrogens is 2. The molecule has 0 spiro atoms. The lowest BCUT2D eigenvalue weighted by atomic mass is 9.96. The van der Waals surface area contributed by atoms with Crippen molar-refractivity contribution in [2.75, 3.05) is 13.3 Å². The number of carbonyl (C=O) groups excluding carboxylic acids is 1. The van der Waals surface area contributed by atoms with Gasteiger partial charge in [-0.2, -0.15) is 4.98 Å². The third-order valence-corrected chi connectivity index (χ3v) is 4.49. The molecule has 3 heterocycles. The SMILES string of the molecule is CC(C)(C)c1noc([C@H]2CC(=O)N(Cc3ccc4c(c3)OCO4)C2)n1. The molecule has 0 unspecified atom stereocenters. The van der Waals surface area contributed by atoms with Crippen LogP contribution in [0.3, 0.4) is 0 Å². The van der Waals surface area contributed by atoms with Crippen LogP contribution in [-0.2, 0) is 16.8 Å². The predicted octanol–water partition coefficient (Wildman–Crippen LogP) is 2.61. The fraction of sp³-hybridized carbons (Fsp3) is 0.500. The van der Waals surface area contributed by atoms with E-state index in [0.29, 0.717) is 31.2 Å². The monoisotopic (exact) mass is 343 g/mol. The van der Waals surface area contributed by atoms with Crippen LogP contribution in [-0.4, -0.2) is 34.3 Å². The van der Waals surface area contributed by atoms with Gasteiger partial charge < -0.3 is 18.9 Å². The molecule has 0 radical (unpaired) electrons. The van der Waals surface area contributed by atoms with Gasteiger partial charge in [0.15, 0.2) is 17.3 Å². The lowest BCUT2D eigenvalue weighted by molar-refractivity contribution is -0.128. The summed E-state index contributed by atoms with van der Waals surface area (Å²) in [5, 5.41) is 4.06. The van der Waals surface area contributed by atoms with Crippen molar-refractivity contribution in [3.8, 4) is 11.5 Å². The van der Waals surface area contributed by atoms with E-state index in [9.17, 15) is 4.79 Å². The maximum absolute atomic E-state index is 12.4. The normalized spacial score (nSPS) is 19.7. The second-order valence-electron chi connectivity index (χ2n) is 7.57. The zero-order chi connectivity index (χ0) is 17.6. The highest BCUT2D eigenvalue weighted by Crippen LogP contribution is 2.34. The van der Waals surface area contributed by atoms with Crippen LogP contribution in [0.5, 0.6) is 11.5 Å². The van der Waals surface area contributed by atoms with Crippen molar-refractivity contribution in [1.29, 1.82) is 0 Å². The minimum atomic E-state index is -0.170. The fourth-order valence-corrected chi connectivity index (χ4v) is 3.06. The zero-order valence-electron chi connectivity index (χ0n) is 14.6. The quantitative estimate of drug-likeness (QED) is 0.852. The Morgan fingerprint density at radius 2 is 2.04 bits per heavy atom. The number of hydrogen-bond acceptors (Lipinski definition) is 6. The van der Waals surface area contributed by atoms with Crippen molar-refractivity contribution in [1.82, 2.24) is 15.0 Å². The topological polar surface area (TPSA) is 77.7 Å². The number of hydrogen-bond donors (Lipinski definition) is 0. The average Bonchev–Trinajstić information content (AvgIpc) is 3.26. The van der Waals surface area contributed by atoms with E-state index in [1.54, 1.807) is 0 Å². The van der Waals surface area contributed by atoms with Gasteiger partial charge >= 0.3 is 0 Å². The minimum Gasteiger partial charge on any atom is -0.454 e. The minimum absolute atomic E-state index is 0.0508. The van der Waals surface area contributed by atoms with Gasteiger partial charge in [-0.3, -0.25) is 4.79 Å². The van der Waals surface area contributed by atoms with Gasteiger partial charge in [0, 0.05) is 24.9 Å². The third-order valence-electron chi connectivity index (χ3n) is 4.49. The molecule has 0 saturated carbocycles. The number of carbonyl (C=O) groups is 1. The van der Waals surface area contributed by atoms with Crippen LogP contribution in [0.1, 0.15) is 50.4 Å². The summed E-state index contributed by atoms with van der Waals surface area (Å²) in [6.45, 7) is 7.47. The molecule has 1 atom stereocenters. The molecule has 2 aliphatic rings. The number of fused-ring (bicyclic) bond motifs is 1. The Hall–Kier alpha value is -2.57. The first-order chi connectivity index (χ1) is 11.9. The van der Waals surface area contributed by atoms with Gasteiger partial charge in [-0.05, 0) is 17.7 Å². The summed E-state index contributed by atoms with van der Waals surface area (Å²) in [6, 6.07) is 5.76. The average molecular weight is 343 g/mol. The highest BCUT2D eigenvalue weighted by atomic mass is 16.7. The summed E-state index contributed by atoms with van der Waals surface area (Å²) in [7, 11) is 0. The molecule has 0 N–H and O–H groups in total. The van der Waals surface area contributed by atoms with E-state index < -0.39 is 0 Å². The molecule has 25 heavy (non-hydrogen) atoms. The van der Waals surface area contributed by atoms with Gasteiger partial charge in [0.1, 0.15) is 0 Å². The summed E-state index contributed by atoms with van der Waals surface area (Å²) in [5.41, 5.74) is 0.843. The van der Waals surface area contributed by atoms with E-state index in [4.69, 9.17) is 14.0 Å². The van der Waals surface area contributed by atoms with Crippen molar-refractivity contribution >= 4 is 5.91 Å². The van der Waals surface area contributed by atoms with Gasteiger partial charge in [0.05, 0.1) is 5.92 Å². The first-order valence-corrected chi connectivity index (χ1v) is 8.40. The summed E-state index contributed by atoms with van der Waals surface area (Å²) in [6.07, 6.45) is 0.399. The van der Waals surface area contributed by atoms with Gasteiger partial charge in [-0.1, -0.05) is 32.0 Å². The van der Waals surface area contributed by atoms with Gasteiger partial charge in [-0.25, -0.2) is 0 Å². The number of benzene rings is 1. The molecular formula is C18H21N3O4. The molecule has 1 amide bonds. The molecular weight excluding hydrogens is 322 g/mol. The Morgan fingerprint density at radius 1 is 1.24 bits per heavy atom. The van der Waals surface area contributed by atoms with Crippen molar-refractivity contribution in [3.63, 3.8) is 0 Å². The maximum Gasteiger partial charge on any atom is 0.232 e. The van der Waals surface area contributed by atoms with Crippen LogP contribution in [0.25, 0.3) is 0 Å². The van der Waals surface area contributed by atoms with E-state index >= 15 is 0 Å². The van der Waals surface area contributed by atoms with E-state index in [2.05, 4.69) is 10.1 Å². The highest BCUT2D eigenvalue weighted by molar-refractivity contribution is 5.79. The van der Waals surface area contributed by atoms with Crippen LogP contribution in [0.2, 0.25) is 0 Å². The largest absolute Gasteiger partial charge is 0.454 e. The highest BCUT2D eigenvalue weighted by Gasteiger charge is 2.35. The Morgan fingerprint density at radius 3 is 2.80 bits per heavy atom. The third kappa shape index (κ3) is 3.06. The molecule has 1 fully saturated rings. The van der Waals surface area contributed by atoms with Gasteiger partial charge in [-0.15, -0.1) is 0 Å². The van der Waals surface area contributed by atoms with E-state index in [0.717, 1.165) is 17.1 Å². The van der Waals surface area contributed by atoms with Crippen LogP contribution < -0.4 is 9.47 Å².